The summed E-state index contributed by atoms with van der Waals surface area (Å²) < 4.78 is 43.0. The van der Waals surface area contributed by atoms with Gasteiger partial charge in [0.05, 0.1) is 23.8 Å². The van der Waals surface area contributed by atoms with E-state index in [1.807, 2.05) is 13.8 Å². The molecule has 1 aromatic heterocycles. The van der Waals surface area contributed by atoms with Crippen LogP contribution in [-0.2, 0) is 11.2 Å². The molecule has 8 heteroatoms. The van der Waals surface area contributed by atoms with Crippen LogP contribution in [0.3, 0.4) is 0 Å². The van der Waals surface area contributed by atoms with Crippen molar-refractivity contribution in [3.05, 3.63) is 17.0 Å². The molecular weight excluding hydrogens is 311 g/mol. The minimum atomic E-state index is -4.12. The third-order valence-electron chi connectivity index (χ3n) is 4.70. The number of aromatic nitrogens is 2. The third kappa shape index (κ3) is 3.22. The van der Waals surface area contributed by atoms with E-state index < -0.39 is 12.1 Å². The maximum absolute atomic E-state index is 12.4. The van der Waals surface area contributed by atoms with Gasteiger partial charge in [0.1, 0.15) is 0 Å². The molecule has 0 radical (unpaired) electrons. The van der Waals surface area contributed by atoms with Crippen LogP contribution in [0.4, 0.5) is 13.2 Å². The zero-order chi connectivity index (χ0) is 16.8. The Morgan fingerprint density at radius 3 is 2.74 bits per heavy atom. The first-order chi connectivity index (χ1) is 10.8. The summed E-state index contributed by atoms with van der Waals surface area (Å²) in [4.78, 5) is 12.3. The number of ether oxygens (including phenoxy) is 1. The van der Waals surface area contributed by atoms with Gasteiger partial charge in [-0.25, -0.2) is 0 Å². The van der Waals surface area contributed by atoms with Gasteiger partial charge in [0.15, 0.2) is 5.69 Å². The summed E-state index contributed by atoms with van der Waals surface area (Å²) in [6.07, 6.45) is -3.50. The number of carbonyl (C=O) groups is 1. The van der Waals surface area contributed by atoms with Crippen molar-refractivity contribution in [3.8, 4) is 0 Å². The van der Waals surface area contributed by atoms with E-state index in [9.17, 15) is 18.0 Å². The van der Waals surface area contributed by atoms with Crippen molar-refractivity contribution >= 4 is 5.91 Å². The molecule has 1 saturated carbocycles. The first-order valence-electron chi connectivity index (χ1n) is 7.83. The molecule has 1 aliphatic heterocycles. The van der Waals surface area contributed by atoms with Crippen molar-refractivity contribution in [1.82, 2.24) is 15.5 Å². The van der Waals surface area contributed by atoms with Crippen LogP contribution < -0.4 is 5.32 Å². The molecule has 1 fully saturated rings. The average Bonchev–Trinajstić information content (AvgIpc) is 2.78. The molecule has 3 rings (SSSR count). The van der Waals surface area contributed by atoms with Gasteiger partial charge < -0.3 is 10.1 Å². The number of H-pyrrole nitrogens is 1. The predicted molar refractivity (Wildman–Crippen MR) is 75.9 cm³/mol. The highest BCUT2D eigenvalue weighted by Crippen LogP contribution is 2.44. The Morgan fingerprint density at radius 1 is 1.39 bits per heavy atom. The second-order valence-corrected chi connectivity index (χ2v) is 6.54. The highest BCUT2D eigenvalue weighted by Gasteiger charge is 2.47. The number of carbonyl (C=O) groups excluding carboxylic acids is 1. The molecule has 1 aromatic rings. The van der Waals surface area contributed by atoms with Gasteiger partial charge in [-0.1, -0.05) is 0 Å². The van der Waals surface area contributed by atoms with Crippen LogP contribution in [0.5, 0.6) is 0 Å². The zero-order valence-electron chi connectivity index (χ0n) is 13.0. The van der Waals surface area contributed by atoms with Crippen LogP contribution in [0.25, 0.3) is 0 Å². The SMILES string of the molecule is C[C@@H]1Cc2c(C(=O)NCC3CC(C(F)(F)F)C3)n[nH]c2[C@H](C)O1. The van der Waals surface area contributed by atoms with Crippen LogP contribution >= 0.6 is 0 Å². The smallest absolute Gasteiger partial charge is 0.369 e. The first-order valence-corrected chi connectivity index (χ1v) is 7.83. The number of aromatic amines is 1. The number of alkyl halides is 3. The molecule has 0 bridgehead atoms. The second kappa shape index (κ2) is 5.81. The van der Waals surface area contributed by atoms with Gasteiger partial charge in [-0.3, -0.25) is 9.89 Å². The quantitative estimate of drug-likeness (QED) is 0.895. The Morgan fingerprint density at radius 2 is 2.09 bits per heavy atom. The molecule has 2 heterocycles. The maximum atomic E-state index is 12.4. The number of hydrogen-bond donors (Lipinski definition) is 2. The molecule has 23 heavy (non-hydrogen) atoms. The number of nitrogens with one attached hydrogen (secondary N) is 2. The highest BCUT2D eigenvalue weighted by atomic mass is 19.4. The van der Waals surface area contributed by atoms with Crippen molar-refractivity contribution < 1.29 is 22.7 Å². The van der Waals surface area contributed by atoms with Crippen molar-refractivity contribution in [2.75, 3.05) is 6.54 Å². The Kier molecular flexibility index (Phi) is 4.12. The number of fused-ring (bicyclic) bond motifs is 1. The van der Waals surface area contributed by atoms with Crippen molar-refractivity contribution in [2.24, 2.45) is 11.8 Å². The minimum absolute atomic E-state index is 0.000765. The van der Waals surface area contributed by atoms with E-state index >= 15 is 0 Å². The van der Waals surface area contributed by atoms with Crippen LogP contribution in [0.15, 0.2) is 0 Å². The zero-order valence-corrected chi connectivity index (χ0v) is 13.0. The number of nitrogens with zero attached hydrogens (tertiary/aromatic N) is 1. The lowest BCUT2D eigenvalue weighted by Gasteiger charge is -2.36. The van der Waals surface area contributed by atoms with Gasteiger partial charge >= 0.3 is 6.18 Å². The predicted octanol–water partition coefficient (Wildman–Crippen LogP) is 2.75. The van der Waals surface area contributed by atoms with Crippen LogP contribution in [0, 0.1) is 11.8 Å². The van der Waals surface area contributed by atoms with E-state index in [0.29, 0.717) is 12.1 Å². The average molecular weight is 331 g/mol. The van der Waals surface area contributed by atoms with Crippen molar-refractivity contribution in [3.63, 3.8) is 0 Å². The lowest BCUT2D eigenvalue weighted by atomic mass is 9.74. The van der Waals surface area contributed by atoms with Crippen molar-refractivity contribution in [2.45, 2.75) is 51.5 Å². The van der Waals surface area contributed by atoms with E-state index in [-0.39, 0.29) is 43.4 Å². The Bertz CT molecular complexity index is 593. The number of amides is 1. The number of halogens is 3. The molecule has 2 aliphatic rings. The first kappa shape index (κ1) is 16.3. The summed E-state index contributed by atoms with van der Waals surface area (Å²) in [6.45, 7) is 4.08. The summed E-state index contributed by atoms with van der Waals surface area (Å²) in [6, 6.07) is 0. The topological polar surface area (TPSA) is 67.0 Å². The molecule has 0 unspecified atom stereocenters. The lowest BCUT2D eigenvalue weighted by molar-refractivity contribution is -0.203. The van der Waals surface area contributed by atoms with Gasteiger partial charge in [0.25, 0.3) is 5.91 Å². The van der Waals surface area contributed by atoms with Gasteiger partial charge in [-0.05, 0) is 32.6 Å². The fourth-order valence-electron chi connectivity index (χ4n) is 3.35. The summed E-state index contributed by atoms with van der Waals surface area (Å²) >= 11 is 0. The van der Waals surface area contributed by atoms with E-state index in [0.717, 1.165) is 11.3 Å². The standard InChI is InChI=1S/C15H20F3N3O2/c1-7-3-11-12(8(2)23-7)20-21-13(11)14(22)19-6-9-4-10(5-9)15(16,17)18/h7-10H,3-6H2,1-2H3,(H,19,22)(H,20,21)/t7-,8+,9?,10?/m1/s1. The molecule has 128 valence electrons. The van der Waals surface area contributed by atoms with Crippen LogP contribution in [-0.4, -0.2) is 34.9 Å². The summed E-state index contributed by atoms with van der Waals surface area (Å²) in [5.74, 6) is -1.66. The van der Waals surface area contributed by atoms with E-state index in [4.69, 9.17) is 4.74 Å². The molecular formula is C15H20F3N3O2. The Hall–Kier alpha value is -1.57. The Labute approximate surface area is 132 Å². The van der Waals surface area contributed by atoms with Gasteiger partial charge in [0.2, 0.25) is 0 Å². The van der Waals surface area contributed by atoms with Gasteiger partial charge in [0, 0.05) is 18.5 Å². The van der Waals surface area contributed by atoms with E-state index in [2.05, 4.69) is 15.5 Å². The van der Waals surface area contributed by atoms with Crippen LogP contribution in [0.2, 0.25) is 0 Å². The largest absolute Gasteiger partial charge is 0.391 e. The van der Waals surface area contributed by atoms with E-state index in [1.54, 1.807) is 0 Å². The van der Waals surface area contributed by atoms with Gasteiger partial charge in [-0.2, -0.15) is 18.3 Å². The fourth-order valence-corrected chi connectivity index (χ4v) is 3.35. The monoisotopic (exact) mass is 331 g/mol. The molecule has 0 saturated heterocycles. The summed E-state index contributed by atoms with van der Waals surface area (Å²) in [5.41, 5.74) is 1.97. The van der Waals surface area contributed by atoms with Crippen molar-refractivity contribution in [1.29, 1.82) is 0 Å². The molecule has 0 aromatic carbocycles. The normalized spacial score (nSPS) is 30.5. The number of rotatable bonds is 3. The number of hydrogen-bond acceptors (Lipinski definition) is 3. The minimum Gasteiger partial charge on any atom is -0.369 e. The third-order valence-corrected chi connectivity index (χ3v) is 4.70. The summed E-state index contributed by atoms with van der Waals surface area (Å²) in [5, 5.41) is 9.61. The van der Waals surface area contributed by atoms with E-state index in [1.165, 1.54) is 0 Å². The Balaban J connectivity index is 1.56. The van der Waals surface area contributed by atoms with Crippen LogP contribution in [0.1, 0.15) is 54.5 Å². The molecule has 2 N–H and O–H groups in total. The second-order valence-electron chi connectivity index (χ2n) is 6.54. The van der Waals surface area contributed by atoms with Gasteiger partial charge in [-0.15, -0.1) is 0 Å². The molecule has 2 atom stereocenters. The maximum Gasteiger partial charge on any atom is 0.391 e. The summed E-state index contributed by atoms with van der Waals surface area (Å²) in [7, 11) is 0. The molecule has 1 aliphatic carbocycles. The molecule has 5 nitrogen and oxygen atoms in total. The molecule has 1 amide bonds. The lowest BCUT2D eigenvalue weighted by Crippen LogP contribution is -2.41. The fraction of sp³-hybridized carbons (Fsp3) is 0.733. The highest BCUT2D eigenvalue weighted by molar-refractivity contribution is 5.94. The molecule has 0 spiro atoms.